The number of aliphatic hydroxyl groups is 1. The van der Waals surface area contributed by atoms with Gasteiger partial charge in [0.05, 0.1) is 33.7 Å². The van der Waals surface area contributed by atoms with Gasteiger partial charge in [-0.05, 0) is 29.7 Å². The summed E-state index contributed by atoms with van der Waals surface area (Å²) in [5, 5.41) is 10.1. The molecule has 2 aromatic carbocycles. The number of hydrogen-bond acceptors (Lipinski definition) is 4. The molecule has 5 nitrogen and oxygen atoms in total. The topological polar surface area (TPSA) is 55.8 Å². The molecule has 0 amide bonds. The number of nitrogens with zero attached hydrogens (tertiary/aromatic N) is 1. The number of aryl methyl sites for hydroxylation is 1. The van der Waals surface area contributed by atoms with Crippen molar-refractivity contribution in [3.8, 4) is 11.5 Å². The lowest BCUT2D eigenvalue weighted by atomic mass is 9.83. The number of ether oxygens (including phenoxy) is 2. The first-order valence-corrected chi connectivity index (χ1v) is 9.84. The second kappa shape index (κ2) is 8.62. The minimum absolute atomic E-state index is 0. The molecule has 2 aliphatic rings. The van der Waals surface area contributed by atoms with Crippen LogP contribution in [-0.4, -0.2) is 42.8 Å². The average molecular weight is 509 g/mol. The van der Waals surface area contributed by atoms with E-state index in [1.54, 1.807) is 0 Å². The molecule has 0 aliphatic carbocycles. The van der Waals surface area contributed by atoms with Crippen molar-refractivity contribution in [3.05, 3.63) is 58.1 Å². The van der Waals surface area contributed by atoms with Crippen LogP contribution in [0.2, 0.25) is 0 Å². The first kappa shape index (κ1) is 22.1. The van der Waals surface area contributed by atoms with Crippen LogP contribution < -0.4 is 33.5 Å². The number of aliphatic hydroxyl groups excluding tert-OH is 1. The third-order valence-corrected chi connectivity index (χ3v) is 6.25. The molecule has 1 N–H and O–H groups in total. The Hall–Kier alpha value is -1.64. The van der Waals surface area contributed by atoms with Crippen LogP contribution in [0, 0.1) is 6.92 Å². The van der Waals surface area contributed by atoms with E-state index in [1.807, 2.05) is 37.3 Å². The number of rotatable bonds is 5. The number of carbonyl (C=O) groups excluding carboxylic acids is 1. The van der Waals surface area contributed by atoms with Gasteiger partial charge in [0, 0.05) is 24.0 Å². The number of quaternary nitrogens is 1. The third kappa shape index (κ3) is 4.15. The maximum Gasteiger partial charge on any atom is 0.231 e. The van der Waals surface area contributed by atoms with Gasteiger partial charge in [0.2, 0.25) is 6.79 Å². The predicted molar refractivity (Wildman–Crippen MR) is 106 cm³/mol. The fraction of sp³-hybridized carbons (Fsp3) is 0.435. The largest absolute Gasteiger partial charge is 1.00 e. The number of likely N-dealkylation sites (N-methyl/N-ethyl adjacent to an activating group) is 1. The second-order valence-electron chi connectivity index (χ2n) is 8.43. The van der Waals surface area contributed by atoms with Gasteiger partial charge in [-0.3, -0.25) is 4.79 Å². The summed E-state index contributed by atoms with van der Waals surface area (Å²) in [5.74, 6) is 1.57. The molecular formula is C23H28INO4. The van der Waals surface area contributed by atoms with E-state index in [2.05, 4.69) is 14.1 Å². The van der Waals surface area contributed by atoms with Gasteiger partial charge in [0.1, 0.15) is 11.8 Å². The highest BCUT2D eigenvalue weighted by atomic mass is 127. The molecule has 0 fully saturated rings. The SMILES string of the molecule is Cc1ccccc1CC(=O)CC1c2c(cc3c(c2CO)OCO3)CC[N+]1(C)C.[I-]. The zero-order valence-electron chi connectivity index (χ0n) is 17.2. The van der Waals surface area contributed by atoms with E-state index < -0.39 is 0 Å². The van der Waals surface area contributed by atoms with Crippen LogP contribution in [0.5, 0.6) is 11.5 Å². The Bertz CT molecular complexity index is 925. The van der Waals surface area contributed by atoms with Crippen LogP contribution in [-0.2, 0) is 24.2 Å². The first-order chi connectivity index (χ1) is 13.4. The van der Waals surface area contributed by atoms with Gasteiger partial charge in [-0.15, -0.1) is 0 Å². The quantitative estimate of drug-likeness (QED) is 0.459. The van der Waals surface area contributed by atoms with Gasteiger partial charge in [0.25, 0.3) is 0 Å². The Morgan fingerprint density at radius 2 is 2.00 bits per heavy atom. The summed E-state index contributed by atoms with van der Waals surface area (Å²) in [6, 6.07) is 10.1. The van der Waals surface area contributed by atoms with Crippen molar-refractivity contribution in [1.82, 2.24) is 0 Å². The van der Waals surface area contributed by atoms with Crippen molar-refractivity contribution >= 4 is 5.78 Å². The highest BCUT2D eigenvalue weighted by Gasteiger charge is 2.41. The van der Waals surface area contributed by atoms with E-state index in [1.165, 1.54) is 5.56 Å². The fourth-order valence-corrected chi connectivity index (χ4v) is 4.53. The highest BCUT2D eigenvalue weighted by Crippen LogP contribution is 2.47. The molecule has 0 bridgehead atoms. The molecule has 2 heterocycles. The van der Waals surface area contributed by atoms with E-state index in [0.29, 0.717) is 24.3 Å². The van der Waals surface area contributed by atoms with Gasteiger partial charge in [-0.1, -0.05) is 24.3 Å². The number of fused-ring (bicyclic) bond motifs is 2. The number of ketones is 1. The zero-order chi connectivity index (χ0) is 19.9. The van der Waals surface area contributed by atoms with Crippen LogP contribution in [0.1, 0.15) is 40.3 Å². The van der Waals surface area contributed by atoms with Crippen LogP contribution in [0.15, 0.2) is 30.3 Å². The number of Topliss-reactive ketones (excluding diaryl/α,β-unsaturated/α-hetero) is 1. The molecule has 0 saturated carbocycles. The molecule has 2 aromatic rings. The van der Waals surface area contributed by atoms with Crippen molar-refractivity contribution in [2.24, 2.45) is 0 Å². The summed E-state index contributed by atoms with van der Waals surface area (Å²) in [6.45, 7) is 3.06. The number of halogens is 1. The maximum atomic E-state index is 13.0. The smallest absolute Gasteiger partial charge is 0.231 e. The molecule has 0 radical (unpaired) electrons. The molecule has 2 aliphatic heterocycles. The maximum absolute atomic E-state index is 13.0. The Morgan fingerprint density at radius 3 is 2.72 bits per heavy atom. The van der Waals surface area contributed by atoms with E-state index in [0.717, 1.165) is 39.7 Å². The molecular weight excluding hydrogens is 481 g/mol. The summed E-state index contributed by atoms with van der Waals surface area (Å²) in [4.78, 5) is 13.0. The molecule has 156 valence electrons. The van der Waals surface area contributed by atoms with Gasteiger partial charge < -0.3 is 43.0 Å². The second-order valence-corrected chi connectivity index (χ2v) is 8.43. The van der Waals surface area contributed by atoms with Crippen molar-refractivity contribution < 1.29 is 47.8 Å². The Balaban J connectivity index is 0.00000240. The lowest BCUT2D eigenvalue weighted by Gasteiger charge is -2.43. The fourth-order valence-electron chi connectivity index (χ4n) is 4.53. The minimum Gasteiger partial charge on any atom is -1.00 e. The van der Waals surface area contributed by atoms with E-state index in [4.69, 9.17) is 9.47 Å². The normalized spacial score (nSPS) is 18.7. The lowest BCUT2D eigenvalue weighted by Crippen LogP contribution is -3.00. The average Bonchev–Trinajstić information content (AvgIpc) is 3.12. The Morgan fingerprint density at radius 1 is 1.24 bits per heavy atom. The van der Waals surface area contributed by atoms with Gasteiger partial charge in [-0.2, -0.15) is 0 Å². The molecule has 0 saturated heterocycles. The molecule has 1 unspecified atom stereocenters. The van der Waals surface area contributed by atoms with E-state index >= 15 is 0 Å². The van der Waals surface area contributed by atoms with Crippen molar-refractivity contribution in [2.75, 3.05) is 27.4 Å². The summed E-state index contributed by atoms with van der Waals surface area (Å²) >= 11 is 0. The van der Waals surface area contributed by atoms with Crippen molar-refractivity contribution in [3.63, 3.8) is 0 Å². The summed E-state index contributed by atoms with van der Waals surface area (Å²) < 4.78 is 11.9. The predicted octanol–water partition coefficient (Wildman–Crippen LogP) is 0.0955. The van der Waals surface area contributed by atoms with Gasteiger partial charge in [0.15, 0.2) is 11.5 Å². The lowest BCUT2D eigenvalue weighted by molar-refractivity contribution is -0.922. The van der Waals surface area contributed by atoms with Gasteiger partial charge in [-0.25, -0.2) is 0 Å². The Kier molecular flexibility index (Phi) is 6.55. The molecule has 0 aromatic heterocycles. The molecule has 1 atom stereocenters. The summed E-state index contributed by atoms with van der Waals surface area (Å²) in [6.07, 6.45) is 1.78. The van der Waals surface area contributed by atoms with Crippen LogP contribution in [0.4, 0.5) is 0 Å². The van der Waals surface area contributed by atoms with Crippen LogP contribution in [0.25, 0.3) is 0 Å². The van der Waals surface area contributed by atoms with E-state index in [9.17, 15) is 9.90 Å². The van der Waals surface area contributed by atoms with Gasteiger partial charge >= 0.3 is 0 Å². The van der Waals surface area contributed by atoms with E-state index in [-0.39, 0.29) is 49.2 Å². The highest BCUT2D eigenvalue weighted by molar-refractivity contribution is 5.82. The number of carbonyl (C=O) groups is 1. The first-order valence-electron chi connectivity index (χ1n) is 9.84. The standard InChI is InChI=1S/C23H28NO4.HI/c1-15-6-4-5-7-16(15)10-18(26)12-20-22-17(8-9-24(20,2)3)11-21-23(19(22)13-25)28-14-27-21;/h4-7,11,20,25H,8-10,12-14H2,1-3H3;1H/q+1;/p-1. The number of hydrogen-bond donors (Lipinski definition) is 1. The van der Waals surface area contributed by atoms with Crippen LogP contribution in [0.3, 0.4) is 0 Å². The van der Waals surface area contributed by atoms with Crippen molar-refractivity contribution in [1.29, 1.82) is 0 Å². The zero-order valence-corrected chi connectivity index (χ0v) is 19.4. The Labute approximate surface area is 189 Å². The molecule has 6 heteroatoms. The molecule has 0 spiro atoms. The third-order valence-electron chi connectivity index (χ3n) is 6.25. The number of benzene rings is 2. The van der Waals surface area contributed by atoms with Crippen LogP contribution >= 0.6 is 0 Å². The summed E-state index contributed by atoms with van der Waals surface area (Å²) in [5.41, 5.74) is 5.25. The minimum atomic E-state index is -0.114. The van der Waals surface area contributed by atoms with Crippen molar-refractivity contribution in [2.45, 2.75) is 38.8 Å². The summed E-state index contributed by atoms with van der Waals surface area (Å²) in [7, 11) is 4.33. The monoisotopic (exact) mass is 509 g/mol. The molecule has 4 rings (SSSR count). The molecule has 29 heavy (non-hydrogen) atoms.